The van der Waals surface area contributed by atoms with Crippen molar-refractivity contribution in [2.45, 2.75) is 6.18 Å². The fourth-order valence-electron chi connectivity index (χ4n) is 2.69. The molecule has 1 aromatic carbocycles. The fraction of sp³-hybridized carbons (Fsp3) is 0.0556. The average Bonchev–Trinajstić information content (AvgIpc) is 3.31. The van der Waals surface area contributed by atoms with E-state index >= 15 is 0 Å². The van der Waals surface area contributed by atoms with Crippen molar-refractivity contribution in [3.8, 4) is 10.6 Å². The van der Waals surface area contributed by atoms with Crippen LogP contribution in [-0.4, -0.2) is 20.5 Å². The van der Waals surface area contributed by atoms with E-state index in [0.29, 0.717) is 0 Å². The number of rotatable bonds is 3. The van der Waals surface area contributed by atoms with Crippen molar-refractivity contribution in [2.75, 3.05) is 5.32 Å². The number of halogens is 3. The molecule has 0 bridgehead atoms. The predicted octanol–water partition coefficient (Wildman–Crippen LogP) is 4.73. The zero-order valence-corrected chi connectivity index (χ0v) is 14.4. The minimum atomic E-state index is -4.57. The van der Waals surface area contributed by atoms with Crippen LogP contribution in [0, 0.1) is 0 Å². The third-order valence-electron chi connectivity index (χ3n) is 3.90. The van der Waals surface area contributed by atoms with Gasteiger partial charge in [-0.2, -0.15) is 18.3 Å². The number of aromatic nitrogens is 3. The highest BCUT2D eigenvalue weighted by molar-refractivity contribution is 7.13. The smallest absolute Gasteiger partial charge is 0.321 e. The molecule has 3 heterocycles. The lowest BCUT2D eigenvalue weighted by Gasteiger charge is -2.13. The van der Waals surface area contributed by atoms with Crippen LogP contribution >= 0.6 is 11.3 Å². The van der Waals surface area contributed by atoms with Crippen LogP contribution in [0.1, 0.15) is 15.9 Å². The molecule has 27 heavy (non-hydrogen) atoms. The lowest BCUT2D eigenvalue weighted by molar-refractivity contribution is -0.136. The van der Waals surface area contributed by atoms with Crippen molar-refractivity contribution < 1.29 is 18.0 Å². The molecule has 4 rings (SSSR count). The number of carbonyl (C=O) groups is 1. The molecule has 0 radical (unpaired) electrons. The van der Waals surface area contributed by atoms with Gasteiger partial charge in [0.1, 0.15) is 5.56 Å². The van der Waals surface area contributed by atoms with Gasteiger partial charge in [-0.1, -0.05) is 18.2 Å². The summed E-state index contributed by atoms with van der Waals surface area (Å²) in [5.41, 5.74) is -0.135. The van der Waals surface area contributed by atoms with Gasteiger partial charge in [0.05, 0.1) is 28.0 Å². The summed E-state index contributed by atoms with van der Waals surface area (Å²) in [6.45, 7) is 0. The van der Waals surface area contributed by atoms with E-state index in [1.807, 2.05) is 17.5 Å². The van der Waals surface area contributed by atoms with Crippen LogP contribution in [0.3, 0.4) is 0 Å². The van der Waals surface area contributed by atoms with Gasteiger partial charge in [-0.05, 0) is 29.6 Å². The monoisotopic (exact) mass is 388 g/mol. The van der Waals surface area contributed by atoms with Gasteiger partial charge in [0.15, 0.2) is 5.65 Å². The first kappa shape index (κ1) is 17.2. The predicted molar refractivity (Wildman–Crippen MR) is 95.7 cm³/mol. The fourth-order valence-corrected chi connectivity index (χ4v) is 3.43. The minimum absolute atomic E-state index is 0.0883. The van der Waals surface area contributed by atoms with E-state index in [1.54, 1.807) is 6.07 Å². The number of amides is 1. The van der Waals surface area contributed by atoms with E-state index < -0.39 is 17.6 Å². The lowest BCUT2D eigenvalue weighted by Crippen LogP contribution is -2.16. The van der Waals surface area contributed by atoms with Crippen LogP contribution in [0.4, 0.5) is 18.9 Å². The Bertz CT molecular complexity index is 1120. The van der Waals surface area contributed by atoms with Gasteiger partial charge in [-0.15, -0.1) is 11.3 Å². The Kier molecular flexibility index (Phi) is 4.15. The summed E-state index contributed by atoms with van der Waals surface area (Å²) in [5, 5.41) is 8.41. The van der Waals surface area contributed by atoms with Gasteiger partial charge in [0.2, 0.25) is 0 Å². The first-order valence-electron chi connectivity index (χ1n) is 7.79. The molecule has 0 fully saturated rings. The highest BCUT2D eigenvalue weighted by Gasteiger charge is 2.33. The van der Waals surface area contributed by atoms with Gasteiger partial charge in [0.25, 0.3) is 5.91 Å². The zero-order chi connectivity index (χ0) is 19.0. The second kappa shape index (κ2) is 6.51. The van der Waals surface area contributed by atoms with Crippen molar-refractivity contribution in [3.05, 3.63) is 71.4 Å². The maximum Gasteiger partial charge on any atom is 0.418 e. The SMILES string of the molecule is O=C(Nc1ccccc1C(F)(F)F)c1cnn2c(-c3cccs3)ccnc12. The molecule has 3 aromatic heterocycles. The number of anilines is 1. The maximum atomic E-state index is 13.1. The van der Waals surface area contributed by atoms with Crippen molar-refractivity contribution in [3.63, 3.8) is 0 Å². The second-order valence-electron chi connectivity index (χ2n) is 5.60. The van der Waals surface area contributed by atoms with Gasteiger partial charge in [-0.25, -0.2) is 9.50 Å². The van der Waals surface area contributed by atoms with E-state index in [0.717, 1.165) is 16.6 Å². The molecular weight excluding hydrogens is 377 g/mol. The minimum Gasteiger partial charge on any atom is -0.321 e. The van der Waals surface area contributed by atoms with Crippen LogP contribution in [0.15, 0.2) is 60.2 Å². The van der Waals surface area contributed by atoms with Crippen LogP contribution in [0.2, 0.25) is 0 Å². The van der Waals surface area contributed by atoms with Crippen LogP contribution < -0.4 is 5.32 Å². The molecule has 9 heteroatoms. The number of benzene rings is 1. The number of nitrogens with one attached hydrogen (secondary N) is 1. The molecule has 0 aliphatic carbocycles. The van der Waals surface area contributed by atoms with E-state index in [4.69, 9.17) is 0 Å². The Morgan fingerprint density at radius 2 is 1.93 bits per heavy atom. The van der Waals surface area contributed by atoms with Crippen molar-refractivity contribution >= 4 is 28.6 Å². The highest BCUT2D eigenvalue weighted by Crippen LogP contribution is 2.35. The van der Waals surface area contributed by atoms with Crippen molar-refractivity contribution in [1.29, 1.82) is 0 Å². The van der Waals surface area contributed by atoms with Crippen molar-refractivity contribution in [2.24, 2.45) is 0 Å². The molecule has 0 saturated heterocycles. The van der Waals surface area contributed by atoms with E-state index in [1.165, 1.54) is 46.4 Å². The second-order valence-corrected chi connectivity index (χ2v) is 6.55. The van der Waals surface area contributed by atoms with Crippen LogP contribution in [0.25, 0.3) is 16.2 Å². The van der Waals surface area contributed by atoms with Gasteiger partial charge < -0.3 is 5.32 Å². The summed E-state index contributed by atoms with van der Waals surface area (Å²) in [5.74, 6) is -0.711. The zero-order valence-electron chi connectivity index (χ0n) is 13.6. The van der Waals surface area contributed by atoms with E-state index in [2.05, 4.69) is 15.4 Å². The number of nitrogens with zero attached hydrogens (tertiary/aromatic N) is 3. The average molecular weight is 388 g/mol. The molecule has 136 valence electrons. The Balaban J connectivity index is 1.72. The standard InChI is InChI=1S/C18H11F3N4OS/c19-18(20,21)12-4-1-2-5-13(12)24-17(26)11-10-23-25-14(7-8-22-16(11)25)15-6-3-9-27-15/h1-10H,(H,24,26). The summed E-state index contributed by atoms with van der Waals surface area (Å²) >= 11 is 1.50. The molecule has 4 aromatic rings. The highest BCUT2D eigenvalue weighted by atomic mass is 32.1. The maximum absolute atomic E-state index is 13.1. The number of hydrogen-bond donors (Lipinski definition) is 1. The summed E-state index contributed by atoms with van der Waals surface area (Å²) in [4.78, 5) is 17.7. The molecule has 1 amide bonds. The quantitative estimate of drug-likeness (QED) is 0.552. The number of thiophene rings is 1. The number of para-hydroxylation sites is 1. The number of carbonyl (C=O) groups excluding carboxylic acids is 1. The molecule has 0 saturated carbocycles. The van der Waals surface area contributed by atoms with Crippen LogP contribution in [0.5, 0.6) is 0 Å². The Morgan fingerprint density at radius 3 is 2.67 bits per heavy atom. The molecular formula is C18H11F3N4OS. The van der Waals surface area contributed by atoms with Crippen molar-refractivity contribution in [1.82, 2.24) is 14.6 Å². The molecule has 0 aliphatic heterocycles. The topological polar surface area (TPSA) is 59.3 Å². The number of alkyl halides is 3. The molecule has 0 unspecified atom stereocenters. The van der Waals surface area contributed by atoms with Gasteiger partial charge in [-0.3, -0.25) is 4.79 Å². The lowest BCUT2D eigenvalue weighted by atomic mass is 10.1. The molecule has 0 aliphatic rings. The van der Waals surface area contributed by atoms with E-state index in [-0.39, 0.29) is 16.9 Å². The first-order valence-corrected chi connectivity index (χ1v) is 8.67. The summed E-state index contributed by atoms with van der Waals surface area (Å²) in [6.07, 6.45) is -1.74. The molecule has 0 atom stereocenters. The summed E-state index contributed by atoms with van der Waals surface area (Å²) in [6, 6.07) is 10.4. The number of fused-ring (bicyclic) bond motifs is 1. The summed E-state index contributed by atoms with van der Waals surface area (Å²) in [7, 11) is 0. The number of hydrogen-bond acceptors (Lipinski definition) is 4. The largest absolute Gasteiger partial charge is 0.418 e. The van der Waals surface area contributed by atoms with Gasteiger partial charge in [0, 0.05) is 6.20 Å². The molecule has 1 N–H and O–H groups in total. The van der Waals surface area contributed by atoms with Crippen LogP contribution in [-0.2, 0) is 6.18 Å². The Morgan fingerprint density at radius 1 is 1.11 bits per heavy atom. The third-order valence-corrected chi connectivity index (χ3v) is 4.79. The Hall–Kier alpha value is -3.20. The Labute approximate surface area is 155 Å². The van der Waals surface area contributed by atoms with E-state index in [9.17, 15) is 18.0 Å². The normalized spacial score (nSPS) is 11.7. The molecule has 0 spiro atoms. The third kappa shape index (κ3) is 3.17. The first-order chi connectivity index (χ1) is 12.9. The van der Waals surface area contributed by atoms with Gasteiger partial charge >= 0.3 is 6.18 Å². The summed E-state index contributed by atoms with van der Waals surface area (Å²) < 4.78 is 40.9. The molecule has 5 nitrogen and oxygen atoms in total.